The van der Waals surface area contributed by atoms with Gasteiger partial charge in [0.05, 0.1) is 5.50 Å². The number of ether oxygens (including phenoxy) is 2. The largest absolute Gasteiger partial charge is 0.408 e. The highest BCUT2D eigenvalue weighted by atomic mass is 16.8. The van der Waals surface area contributed by atoms with Crippen LogP contribution in [0.5, 0.6) is 0 Å². The Hall–Kier alpha value is 0.205. The van der Waals surface area contributed by atoms with Crippen molar-refractivity contribution in [1.82, 2.24) is 0 Å². The Morgan fingerprint density at radius 3 is 1.87 bits per heavy atom. The molecule has 1 fully saturated rings. The zero-order chi connectivity index (χ0) is 12.1. The molecule has 0 aliphatic carbocycles. The van der Waals surface area contributed by atoms with Gasteiger partial charge >= 0.3 is 0 Å². The van der Waals surface area contributed by atoms with Gasteiger partial charge in [-0.25, -0.2) is 0 Å². The normalized spacial score (nSPS) is 34.1. The van der Waals surface area contributed by atoms with E-state index in [1.807, 2.05) is 37.4 Å². The van der Waals surface area contributed by atoms with Gasteiger partial charge in [0.15, 0.2) is 5.79 Å². The Kier molecular flexibility index (Phi) is 2.96. The third-order valence-corrected chi connectivity index (χ3v) is 3.02. The van der Waals surface area contributed by atoms with Crippen LogP contribution in [0.4, 0.5) is 0 Å². The summed E-state index contributed by atoms with van der Waals surface area (Å²) < 4.78 is 11.8. The predicted molar refractivity (Wildman–Crippen MR) is 74.0 cm³/mol. The second kappa shape index (κ2) is 3.35. The molecule has 3 nitrogen and oxygen atoms in total. The first-order chi connectivity index (χ1) is 6.37. The molecule has 1 aliphatic heterocycles. The fourth-order valence-corrected chi connectivity index (χ4v) is 2.48. The van der Waals surface area contributed by atoms with E-state index in [0.29, 0.717) is 6.42 Å². The molecule has 0 amide bonds. The van der Waals surface area contributed by atoms with Gasteiger partial charge in [0.2, 0.25) is 0 Å². The molecule has 0 saturated carbocycles. The van der Waals surface area contributed by atoms with Gasteiger partial charge in [0, 0.05) is 10.8 Å². The Morgan fingerprint density at radius 2 is 1.60 bits per heavy atom. The molecule has 1 saturated heterocycles. The fourth-order valence-electron chi connectivity index (χ4n) is 2.48. The first-order valence-corrected chi connectivity index (χ1v) is 5.50. The van der Waals surface area contributed by atoms with Crippen molar-refractivity contribution in [1.29, 1.82) is 0 Å². The molecule has 1 heterocycles. The van der Waals surface area contributed by atoms with Crippen molar-refractivity contribution >= 4 is 39.2 Å². The lowest BCUT2D eigenvalue weighted by atomic mass is 9.44. The number of aliphatic hydroxyl groups is 1. The molecule has 1 aliphatic rings. The Bertz CT molecular complexity index is 262. The van der Waals surface area contributed by atoms with E-state index in [0.717, 1.165) is 0 Å². The van der Waals surface area contributed by atoms with Gasteiger partial charge in [-0.05, 0) is 20.3 Å². The maximum absolute atomic E-state index is 9.91. The van der Waals surface area contributed by atoms with Crippen molar-refractivity contribution in [2.45, 2.75) is 42.4 Å². The van der Waals surface area contributed by atoms with Crippen molar-refractivity contribution in [2.24, 2.45) is 0 Å². The first kappa shape index (κ1) is 13.3. The summed E-state index contributed by atoms with van der Waals surface area (Å²) in [5.74, 6) is -0.580. The zero-order valence-electron chi connectivity index (χ0n) is 11.0. The highest BCUT2D eigenvalue weighted by Crippen LogP contribution is 2.42. The topological polar surface area (TPSA) is 38.7 Å². The van der Waals surface area contributed by atoms with E-state index in [2.05, 4.69) is 0 Å². The summed E-state index contributed by atoms with van der Waals surface area (Å²) in [6, 6.07) is 0. The van der Waals surface area contributed by atoms with Crippen LogP contribution in [0.1, 0.15) is 20.3 Å². The maximum Gasteiger partial charge on any atom is 0.161 e. The standard InChI is InChI=1S/C7H19B5O3/c1-4(2)14-5(8,3-6(9,10)13)7(11,12)15-4/h13H,3,8-12H2,1-2H3/t5-/m0/s1. The summed E-state index contributed by atoms with van der Waals surface area (Å²) in [7, 11) is 9.60. The molecular weight excluding hydrogens is 186 g/mol. The SMILES string of the molecule is BC(B)(O)C[C@]1(B)OC(C)(C)OC1(B)B. The average molecular weight is 205 g/mol. The van der Waals surface area contributed by atoms with E-state index in [1.54, 1.807) is 15.7 Å². The Morgan fingerprint density at radius 1 is 1.13 bits per heavy atom. The third-order valence-electron chi connectivity index (χ3n) is 3.02. The van der Waals surface area contributed by atoms with Gasteiger partial charge in [-0.3, -0.25) is 0 Å². The highest BCUT2D eigenvalue weighted by Gasteiger charge is 2.55. The van der Waals surface area contributed by atoms with E-state index in [4.69, 9.17) is 9.47 Å². The van der Waals surface area contributed by atoms with Crippen molar-refractivity contribution in [3.63, 3.8) is 0 Å². The van der Waals surface area contributed by atoms with Crippen LogP contribution < -0.4 is 0 Å². The van der Waals surface area contributed by atoms with Crippen molar-refractivity contribution < 1.29 is 14.6 Å². The molecule has 0 spiro atoms. The molecule has 0 unspecified atom stereocenters. The molecule has 1 atom stereocenters. The number of hydrogen-bond acceptors (Lipinski definition) is 3. The van der Waals surface area contributed by atoms with Gasteiger partial charge < -0.3 is 14.6 Å². The lowest BCUT2D eigenvalue weighted by molar-refractivity contribution is -0.152. The minimum absolute atomic E-state index is 0.392. The smallest absolute Gasteiger partial charge is 0.161 e. The maximum atomic E-state index is 9.91. The van der Waals surface area contributed by atoms with E-state index >= 15 is 0 Å². The molecule has 0 aromatic heterocycles. The summed E-state index contributed by atoms with van der Waals surface area (Å²) in [6.45, 7) is 3.81. The van der Waals surface area contributed by atoms with Crippen LogP contribution >= 0.6 is 0 Å². The zero-order valence-corrected chi connectivity index (χ0v) is 11.0. The molecule has 80 valence electrons. The third kappa shape index (κ3) is 2.86. The van der Waals surface area contributed by atoms with Crippen LogP contribution in [0.3, 0.4) is 0 Å². The lowest BCUT2D eigenvalue weighted by Crippen LogP contribution is -2.57. The van der Waals surface area contributed by atoms with Crippen molar-refractivity contribution in [3.05, 3.63) is 0 Å². The second-order valence-electron chi connectivity index (χ2n) is 6.33. The van der Waals surface area contributed by atoms with Gasteiger partial charge in [-0.1, -0.05) is 0 Å². The highest BCUT2D eigenvalue weighted by molar-refractivity contribution is 6.45. The van der Waals surface area contributed by atoms with Crippen LogP contribution in [0.25, 0.3) is 0 Å². The minimum atomic E-state index is -0.754. The van der Waals surface area contributed by atoms with E-state index < -0.39 is 22.1 Å². The summed E-state index contributed by atoms with van der Waals surface area (Å²) in [4.78, 5) is 0. The lowest BCUT2D eigenvalue weighted by Gasteiger charge is -2.39. The molecule has 0 aromatic rings. The summed E-state index contributed by atoms with van der Waals surface area (Å²) >= 11 is 0. The number of hydrogen-bond donors (Lipinski definition) is 1. The van der Waals surface area contributed by atoms with Crippen molar-refractivity contribution in [2.75, 3.05) is 0 Å². The van der Waals surface area contributed by atoms with Gasteiger partial charge in [-0.2, -0.15) is 0 Å². The molecule has 8 heteroatoms. The minimum Gasteiger partial charge on any atom is -0.408 e. The predicted octanol–water partition coefficient (Wildman–Crippen LogP) is -4.68. The summed E-state index contributed by atoms with van der Waals surface area (Å²) in [5, 5.41) is 8.76. The van der Waals surface area contributed by atoms with E-state index in [1.165, 1.54) is 0 Å². The van der Waals surface area contributed by atoms with Gasteiger partial charge in [-0.15, -0.1) is 0 Å². The second-order valence-corrected chi connectivity index (χ2v) is 6.33. The molecular formula is C7H19B5O3. The van der Waals surface area contributed by atoms with Crippen molar-refractivity contribution in [3.8, 4) is 0 Å². The molecule has 0 aromatic carbocycles. The molecule has 1 rings (SSSR count). The fraction of sp³-hybridized carbons (Fsp3) is 1.00. The Balaban J connectivity index is 2.93. The average Bonchev–Trinajstić information content (AvgIpc) is 1.88. The number of rotatable bonds is 2. The molecule has 1 N–H and O–H groups in total. The van der Waals surface area contributed by atoms with E-state index in [-0.39, 0.29) is 0 Å². The monoisotopic (exact) mass is 206 g/mol. The quantitative estimate of drug-likeness (QED) is 0.461. The van der Waals surface area contributed by atoms with Crippen LogP contribution in [-0.2, 0) is 9.47 Å². The molecule has 0 radical (unpaired) electrons. The van der Waals surface area contributed by atoms with Gasteiger partial charge in [0.1, 0.15) is 39.2 Å². The summed E-state index contributed by atoms with van der Waals surface area (Å²) in [6.07, 6.45) is 0.552. The van der Waals surface area contributed by atoms with Crippen LogP contribution in [0.2, 0.25) is 0 Å². The molecule has 15 heavy (non-hydrogen) atoms. The van der Waals surface area contributed by atoms with E-state index in [9.17, 15) is 5.11 Å². The Labute approximate surface area is 96.7 Å². The summed E-state index contributed by atoms with van der Waals surface area (Å²) in [5.41, 5.74) is -0.464. The van der Waals surface area contributed by atoms with Crippen LogP contribution in [-0.4, -0.2) is 66.4 Å². The first-order valence-electron chi connectivity index (χ1n) is 5.50. The van der Waals surface area contributed by atoms with Crippen LogP contribution in [0, 0.1) is 0 Å². The van der Waals surface area contributed by atoms with Gasteiger partial charge in [0.25, 0.3) is 0 Å². The molecule has 0 bridgehead atoms. The van der Waals surface area contributed by atoms with Crippen LogP contribution in [0.15, 0.2) is 0 Å².